The first-order valence-corrected chi connectivity index (χ1v) is 6.73. The lowest BCUT2D eigenvalue weighted by Crippen LogP contribution is -2.39. The third kappa shape index (κ3) is 4.52. The van der Waals surface area contributed by atoms with Gasteiger partial charge in [0.1, 0.15) is 6.23 Å². The molecule has 1 heterocycles. The summed E-state index contributed by atoms with van der Waals surface area (Å²) in [5.41, 5.74) is 0. The highest BCUT2D eigenvalue weighted by molar-refractivity contribution is 5.76. The van der Waals surface area contributed by atoms with Crippen molar-refractivity contribution in [2.24, 2.45) is 0 Å². The highest BCUT2D eigenvalue weighted by Gasteiger charge is 2.22. The first-order chi connectivity index (χ1) is 7.75. The van der Waals surface area contributed by atoms with Crippen molar-refractivity contribution < 1.29 is 9.90 Å². The van der Waals surface area contributed by atoms with Gasteiger partial charge in [-0.15, -0.1) is 0 Å². The number of nitrogens with zero attached hydrogens (tertiary/aromatic N) is 1. The number of carbonyl (C=O) groups excluding carboxylic acids is 1. The first kappa shape index (κ1) is 13.5. The van der Waals surface area contributed by atoms with E-state index in [1.807, 2.05) is 0 Å². The summed E-state index contributed by atoms with van der Waals surface area (Å²) < 4.78 is 0. The Morgan fingerprint density at radius 3 is 2.81 bits per heavy atom. The molecule has 0 aromatic heterocycles. The van der Waals surface area contributed by atoms with Gasteiger partial charge in [-0.1, -0.05) is 32.6 Å². The summed E-state index contributed by atoms with van der Waals surface area (Å²) in [6.45, 7) is 2.92. The van der Waals surface area contributed by atoms with Crippen LogP contribution < -0.4 is 0 Å². The Morgan fingerprint density at radius 2 is 2.06 bits per heavy atom. The standard InChI is InChI=1S/C13H25NO2/c1-2-3-4-6-9-12(15)14-11-8-5-7-10-13(14)16/h12,15H,2-11H2,1H3. The Hall–Kier alpha value is -0.570. The molecule has 1 N–H and O–H groups in total. The van der Waals surface area contributed by atoms with Crippen LogP contribution in [0.3, 0.4) is 0 Å². The predicted molar refractivity (Wildman–Crippen MR) is 64.9 cm³/mol. The van der Waals surface area contributed by atoms with Crippen molar-refractivity contribution in [1.29, 1.82) is 0 Å². The van der Waals surface area contributed by atoms with Crippen molar-refractivity contribution in [1.82, 2.24) is 4.90 Å². The van der Waals surface area contributed by atoms with Gasteiger partial charge in [-0.3, -0.25) is 4.79 Å². The molecule has 1 amide bonds. The average Bonchev–Trinajstić information content (AvgIpc) is 2.49. The van der Waals surface area contributed by atoms with Crippen molar-refractivity contribution in [2.75, 3.05) is 6.54 Å². The van der Waals surface area contributed by atoms with Gasteiger partial charge in [0, 0.05) is 13.0 Å². The van der Waals surface area contributed by atoms with Gasteiger partial charge in [0.25, 0.3) is 0 Å². The van der Waals surface area contributed by atoms with Gasteiger partial charge in [0.05, 0.1) is 0 Å². The van der Waals surface area contributed by atoms with E-state index in [1.54, 1.807) is 4.90 Å². The van der Waals surface area contributed by atoms with Gasteiger partial charge in [-0.2, -0.15) is 0 Å². The topological polar surface area (TPSA) is 40.5 Å². The van der Waals surface area contributed by atoms with Crippen molar-refractivity contribution in [2.45, 2.75) is 70.9 Å². The van der Waals surface area contributed by atoms with Crippen LogP contribution in [0.2, 0.25) is 0 Å². The van der Waals surface area contributed by atoms with Crippen molar-refractivity contribution in [3.8, 4) is 0 Å². The number of hydrogen-bond acceptors (Lipinski definition) is 2. The maximum Gasteiger partial charge on any atom is 0.224 e. The fourth-order valence-electron chi connectivity index (χ4n) is 2.23. The van der Waals surface area contributed by atoms with E-state index in [4.69, 9.17) is 0 Å². The SMILES string of the molecule is CCCCCCC(O)N1CCCCCC1=O. The van der Waals surface area contributed by atoms with Crippen molar-refractivity contribution in [3.63, 3.8) is 0 Å². The molecule has 16 heavy (non-hydrogen) atoms. The second-order valence-corrected chi connectivity index (χ2v) is 4.73. The van der Waals surface area contributed by atoms with E-state index in [0.717, 1.165) is 45.1 Å². The minimum atomic E-state index is -0.539. The summed E-state index contributed by atoms with van der Waals surface area (Å²) in [5.74, 6) is 0.139. The second-order valence-electron chi connectivity index (χ2n) is 4.73. The van der Waals surface area contributed by atoms with Crippen LogP contribution in [0, 0.1) is 0 Å². The molecule has 0 aliphatic carbocycles. The smallest absolute Gasteiger partial charge is 0.224 e. The fraction of sp³-hybridized carbons (Fsp3) is 0.923. The number of aliphatic hydroxyl groups is 1. The minimum absolute atomic E-state index is 0.139. The largest absolute Gasteiger partial charge is 0.374 e. The molecule has 1 atom stereocenters. The van der Waals surface area contributed by atoms with Crippen LogP contribution in [0.1, 0.15) is 64.7 Å². The maximum absolute atomic E-state index is 11.7. The van der Waals surface area contributed by atoms with Crippen LogP contribution in [0.5, 0.6) is 0 Å². The Morgan fingerprint density at radius 1 is 1.25 bits per heavy atom. The van der Waals surface area contributed by atoms with Crippen molar-refractivity contribution >= 4 is 5.91 Å². The number of unbranched alkanes of at least 4 members (excludes halogenated alkanes) is 3. The van der Waals surface area contributed by atoms with E-state index in [1.165, 1.54) is 12.8 Å². The zero-order chi connectivity index (χ0) is 11.8. The summed E-state index contributed by atoms with van der Waals surface area (Å²) in [4.78, 5) is 13.4. The van der Waals surface area contributed by atoms with Crippen LogP contribution >= 0.6 is 0 Å². The molecule has 0 aromatic carbocycles. The molecule has 3 heteroatoms. The molecule has 3 nitrogen and oxygen atoms in total. The summed E-state index contributed by atoms with van der Waals surface area (Å²) in [6.07, 6.45) is 8.58. The van der Waals surface area contributed by atoms with Crippen LogP contribution in [0.25, 0.3) is 0 Å². The minimum Gasteiger partial charge on any atom is -0.374 e. The molecule has 1 saturated heterocycles. The lowest BCUT2D eigenvalue weighted by atomic mass is 10.1. The third-order valence-corrected chi connectivity index (χ3v) is 3.29. The molecule has 1 unspecified atom stereocenters. The zero-order valence-corrected chi connectivity index (χ0v) is 10.5. The number of aliphatic hydroxyl groups excluding tert-OH is 1. The number of amides is 1. The summed E-state index contributed by atoms with van der Waals surface area (Å²) in [7, 11) is 0. The highest BCUT2D eigenvalue weighted by atomic mass is 16.3. The lowest BCUT2D eigenvalue weighted by molar-refractivity contribution is -0.141. The molecule has 1 aliphatic rings. The molecule has 0 bridgehead atoms. The van der Waals surface area contributed by atoms with Gasteiger partial charge in [-0.25, -0.2) is 0 Å². The Labute approximate surface area is 98.8 Å². The van der Waals surface area contributed by atoms with Gasteiger partial charge in [-0.05, 0) is 25.7 Å². The van der Waals surface area contributed by atoms with E-state index in [2.05, 4.69) is 6.92 Å². The lowest BCUT2D eigenvalue weighted by Gasteiger charge is -2.26. The first-order valence-electron chi connectivity index (χ1n) is 6.73. The Bertz CT molecular complexity index is 206. The predicted octanol–water partition coefficient (Wildman–Crippen LogP) is 2.68. The fourth-order valence-corrected chi connectivity index (χ4v) is 2.23. The zero-order valence-electron chi connectivity index (χ0n) is 10.5. The van der Waals surface area contributed by atoms with Crippen LogP contribution in [-0.4, -0.2) is 28.7 Å². The van der Waals surface area contributed by atoms with E-state index in [-0.39, 0.29) is 5.91 Å². The van der Waals surface area contributed by atoms with Gasteiger partial charge < -0.3 is 10.0 Å². The van der Waals surface area contributed by atoms with Crippen LogP contribution in [0.15, 0.2) is 0 Å². The van der Waals surface area contributed by atoms with E-state index < -0.39 is 6.23 Å². The Balaban J connectivity index is 2.27. The molecular formula is C13H25NO2. The number of rotatable bonds is 6. The molecule has 0 aromatic rings. The van der Waals surface area contributed by atoms with E-state index in [9.17, 15) is 9.90 Å². The second kappa shape index (κ2) is 7.66. The molecule has 1 fully saturated rings. The number of carbonyl (C=O) groups is 1. The van der Waals surface area contributed by atoms with Crippen molar-refractivity contribution in [3.05, 3.63) is 0 Å². The Kier molecular flexibility index (Phi) is 6.46. The third-order valence-electron chi connectivity index (χ3n) is 3.29. The van der Waals surface area contributed by atoms with Gasteiger partial charge in [0.15, 0.2) is 0 Å². The molecular weight excluding hydrogens is 202 g/mol. The molecule has 0 saturated carbocycles. The highest BCUT2D eigenvalue weighted by Crippen LogP contribution is 2.16. The quantitative estimate of drug-likeness (QED) is 0.709. The van der Waals surface area contributed by atoms with Gasteiger partial charge in [0.2, 0.25) is 5.91 Å². The molecule has 1 aliphatic heterocycles. The van der Waals surface area contributed by atoms with Crippen LogP contribution in [0.4, 0.5) is 0 Å². The molecule has 1 rings (SSSR count). The maximum atomic E-state index is 11.7. The molecule has 0 spiro atoms. The van der Waals surface area contributed by atoms with E-state index in [0.29, 0.717) is 6.42 Å². The normalized spacial score (nSPS) is 19.6. The molecule has 0 radical (unpaired) electrons. The summed E-state index contributed by atoms with van der Waals surface area (Å²) in [5, 5.41) is 9.97. The summed E-state index contributed by atoms with van der Waals surface area (Å²) in [6, 6.07) is 0. The summed E-state index contributed by atoms with van der Waals surface area (Å²) >= 11 is 0. The van der Waals surface area contributed by atoms with E-state index >= 15 is 0 Å². The monoisotopic (exact) mass is 227 g/mol. The molecule has 94 valence electrons. The van der Waals surface area contributed by atoms with Crippen LogP contribution in [-0.2, 0) is 4.79 Å². The number of likely N-dealkylation sites (tertiary alicyclic amines) is 1. The van der Waals surface area contributed by atoms with Gasteiger partial charge >= 0.3 is 0 Å². The number of hydrogen-bond donors (Lipinski definition) is 1. The average molecular weight is 227 g/mol.